The van der Waals surface area contributed by atoms with Crippen LogP contribution >= 0.6 is 0 Å². The molecule has 0 bridgehead atoms. The fourth-order valence-electron chi connectivity index (χ4n) is 3.07. The maximum atomic E-state index is 12.5. The molecule has 1 aliphatic rings. The van der Waals surface area contributed by atoms with Crippen molar-refractivity contribution in [2.24, 2.45) is 7.05 Å². The van der Waals surface area contributed by atoms with Gasteiger partial charge in [-0.1, -0.05) is 12.8 Å². The average Bonchev–Trinajstić information content (AvgIpc) is 2.78. The summed E-state index contributed by atoms with van der Waals surface area (Å²) in [7, 11) is 1.70. The minimum absolute atomic E-state index is 0.285. The topological polar surface area (TPSA) is 93.4 Å². The van der Waals surface area contributed by atoms with E-state index in [1.165, 1.54) is 6.07 Å². The molecule has 1 amide bonds. The van der Waals surface area contributed by atoms with Crippen LogP contribution in [0, 0.1) is 11.3 Å². The predicted molar refractivity (Wildman–Crippen MR) is 95.6 cm³/mol. The van der Waals surface area contributed by atoms with Crippen LogP contribution in [0.1, 0.15) is 68.9 Å². The van der Waals surface area contributed by atoms with Crippen LogP contribution < -0.4 is 5.32 Å². The van der Waals surface area contributed by atoms with Gasteiger partial charge >= 0.3 is 12.1 Å². The highest BCUT2D eigenvalue weighted by Gasteiger charge is 2.31. The van der Waals surface area contributed by atoms with Gasteiger partial charge in [-0.25, -0.2) is 9.59 Å². The third-order valence-corrected chi connectivity index (χ3v) is 4.26. The largest absolute Gasteiger partial charge is 0.456 e. The van der Waals surface area contributed by atoms with Crippen molar-refractivity contribution in [2.45, 2.75) is 70.6 Å². The Bertz CT molecular complexity index is 697. The van der Waals surface area contributed by atoms with Gasteiger partial charge in [0.05, 0.1) is 11.6 Å². The Balaban J connectivity index is 2.07. The van der Waals surface area contributed by atoms with Gasteiger partial charge < -0.3 is 19.4 Å². The molecule has 0 spiro atoms. The zero-order chi connectivity index (χ0) is 19.3. The summed E-state index contributed by atoms with van der Waals surface area (Å²) in [6, 6.07) is 3.24. The first-order chi connectivity index (χ1) is 12.2. The first-order valence-electron chi connectivity index (χ1n) is 8.96. The summed E-state index contributed by atoms with van der Waals surface area (Å²) in [6.07, 6.45) is 4.99. The van der Waals surface area contributed by atoms with Crippen LogP contribution in [0.5, 0.6) is 0 Å². The SMILES string of the molecule is Cn1cc(C#N)cc1C(=O)O[C@@H]1CCCCC[C@@H]1NC(=O)OC(C)(C)C. The molecule has 0 aliphatic heterocycles. The van der Waals surface area contributed by atoms with Crippen LogP contribution in [0.25, 0.3) is 0 Å². The van der Waals surface area contributed by atoms with Gasteiger partial charge in [-0.2, -0.15) is 5.26 Å². The monoisotopic (exact) mass is 361 g/mol. The first kappa shape index (κ1) is 19.8. The maximum absolute atomic E-state index is 12.5. The highest BCUT2D eigenvalue weighted by atomic mass is 16.6. The number of aromatic nitrogens is 1. The zero-order valence-corrected chi connectivity index (χ0v) is 15.9. The number of esters is 1. The molecule has 1 heterocycles. The molecule has 7 heteroatoms. The van der Waals surface area contributed by atoms with E-state index in [2.05, 4.69) is 5.32 Å². The van der Waals surface area contributed by atoms with Gasteiger partial charge in [0.1, 0.15) is 23.5 Å². The standard InChI is InChI=1S/C19H27N3O4/c1-19(2,3)26-18(24)21-14-8-6-5-7-9-16(14)25-17(23)15-10-13(11-20)12-22(15)4/h10,12,14,16H,5-9H2,1-4H3,(H,21,24)/t14-,16+/m0/s1. The van der Waals surface area contributed by atoms with E-state index in [1.807, 2.05) is 6.07 Å². The minimum Gasteiger partial charge on any atom is -0.456 e. The summed E-state index contributed by atoms with van der Waals surface area (Å²) >= 11 is 0. The highest BCUT2D eigenvalue weighted by molar-refractivity contribution is 5.88. The number of hydrogen-bond acceptors (Lipinski definition) is 5. The molecule has 2 rings (SSSR count). The number of nitrogens with zero attached hydrogens (tertiary/aromatic N) is 2. The zero-order valence-electron chi connectivity index (χ0n) is 15.9. The lowest BCUT2D eigenvalue weighted by atomic mass is 10.1. The number of alkyl carbamates (subject to hydrolysis) is 1. The van der Waals surface area contributed by atoms with Crippen molar-refractivity contribution in [3.8, 4) is 6.07 Å². The molecule has 142 valence electrons. The molecule has 0 aromatic carbocycles. The normalized spacial score (nSPS) is 20.6. The second kappa shape index (κ2) is 8.26. The summed E-state index contributed by atoms with van der Waals surface area (Å²) in [4.78, 5) is 24.7. The molecule has 0 radical (unpaired) electrons. The molecule has 1 aromatic rings. The Morgan fingerprint density at radius 3 is 2.58 bits per heavy atom. The van der Waals surface area contributed by atoms with Gasteiger partial charge in [0, 0.05) is 13.2 Å². The minimum atomic E-state index is -0.586. The van der Waals surface area contributed by atoms with E-state index < -0.39 is 23.8 Å². The first-order valence-corrected chi connectivity index (χ1v) is 8.96. The summed E-state index contributed by atoms with van der Waals surface area (Å²) in [5.74, 6) is -0.489. The Kier molecular flexibility index (Phi) is 6.30. The quantitative estimate of drug-likeness (QED) is 0.659. The van der Waals surface area contributed by atoms with Crippen LogP contribution in [-0.4, -0.2) is 34.4 Å². The van der Waals surface area contributed by atoms with Crippen molar-refractivity contribution in [3.05, 3.63) is 23.5 Å². The molecule has 1 saturated carbocycles. The van der Waals surface area contributed by atoms with Crippen LogP contribution in [-0.2, 0) is 16.5 Å². The third kappa shape index (κ3) is 5.51. The van der Waals surface area contributed by atoms with Crippen molar-refractivity contribution in [3.63, 3.8) is 0 Å². The number of rotatable bonds is 3. The second-order valence-electron chi connectivity index (χ2n) is 7.67. The van der Waals surface area contributed by atoms with Crippen LogP contribution in [0.2, 0.25) is 0 Å². The lowest BCUT2D eigenvalue weighted by molar-refractivity contribution is 0.0114. The Morgan fingerprint density at radius 2 is 1.96 bits per heavy atom. The molecular formula is C19H27N3O4. The fraction of sp³-hybridized carbons (Fsp3) is 0.632. The van der Waals surface area contributed by atoms with Crippen molar-refractivity contribution in [1.29, 1.82) is 5.26 Å². The number of hydrogen-bond donors (Lipinski definition) is 1. The van der Waals surface area contributed by atoms with E-state index in [0.29, 0.717) is 17.7 Å². The van der Waals surface area contributed by atoms with Gasteiger partial charge in [-0.05, 0) is 46.1 Å². The van der Waals surface area contributed by atoms with Crippen molar-refractivity contribution in [2.75, 3.05) is 0 Å². The van der Waals surface area contributed by atoms with Crippen molar-refractivity contribution in [1.82, 2.24) is 9.88 Å². The predicted octanol–water partition coefficient (Wildman–Crippen LogP) is 3.28. The van der Waals surface area contributed by atoms with Crippen LogP contribution in [0.3, 0.4) is 0 Å². The molecule has 0 unspecified atom stereocenters. The van der Waals surface area contributed by atoms with Gasteiger partial charge in [-0.15, -0.1) is 0 Å². The summed E-state index contributed by atoms with van der Waals surface area (Å²) in [5, 5.41) is 11.8. The van der Waals surface area contributed by atoms with Gasteiger partial charge in [0.2, 0.25) is 0 Å². The summed E-state index contributed by atoms with van der Waals surface area (Å²) in [6.45, 7) is 5.41. The van der Waals surface area contributed by atoms with E-state index in [4.69, 9.17) is 14.7 Å². The maximum Gasteiger partial charge on any atom is 0.408 e. The van der Waals surface area contributed by atoms with Crippen LogP contribution in [0.15, 0.2) is 12.3 Å². The number of carbonyl (C=O) groups excluding carboxylic acids is 2. The molecular weight excluding hydrogens is 334 g/mol. The summed E-state index contributed by atoms with van der Waals surface area (Å²) < 4.78 is 12.6. The van der Waals surface area contributed by atoms with E-state index >= 15 is 0 Å². The Labute approximate surface area is 154 Å². The van der Waals surface area contributed by atoms with E-state index in [9.17, 15) is 9.59 Å². The number of carbonyl (C=O) groups is 2. The number of amides is 1. The van der Waals surface area contributed by atoms with E-state index in [-0.39, 0.29) is 6.04 Å². The Hall–Kier alpha value is -2.49. The van der Waals surface area contributed by atoms with Gasteiger partial charge in [-0.3, -0.25) is 0 Å². The molecule has 1 fully saturated rings. The average molecular weight is 361 g/mol. The molecule has 1 aliphatic carbocycles. The smallest absolute Gasteiger partial charge is 0.408 e. The number of nitrogens with one attached hydrogen (secondary N) is 1. The molecule has 26 heavy (non-hydrogen) atoms. The van der Waals surface area contributed by atoms with Crippen molar-refractivity contribution >= 4 is 12.1 Å². The Morgan fingerprint density at radius 1 is 1.27 bits per heavy atom. The molecule has 2 atom stereocenters. The van der Waals surface area contributed by atoms with Gasteiger partial charge in [0.15, 0.2) is 0 Å². The fourth-order valence-corrected chi connectivity index (χ4v) is 3.07. The summed E-state index contributed by atoms with van der Waals surface area (Å²) in [5.41, 5.74) is 0.142. The third-order valence-electron chi connectivity index (χ3n) is 4.26. The number of aryl methyl sites for hydroxylation is 1. The number of ether oxygens (including phenoxy) is 2. The van der Waals surface area contributed by atoms with Crippen LogP contribution in [0.4, 0.5) is 4.79 Å². The van der Waals surface area contributed by atoms with Gasteiger partial charge in [0.25, 0.3) is 0 Å². The van der Waals surface area contributed by atoms with E-state index in [1.54, 1.807) is 38.6 Å². The molecule has 7 nitrogen and oxygen atoms in total. The molecule has 1 aromatic heterocycles. The molecule has 0 saturated heterocycles. The highest BCUT2D eigenvalue weighted by Crippen LogP contribution is 2.23. The molecule has 1 N–H and O–H groups in total. The van der Waals surface area contributed by atoms with Crippen molar-refractivity contribution < 1.29 is 19.1 Å². The second-order valence-corrected chi connectivity index (χ2v) is 7.67. The lowest BCUT2D eigenvalue weighted by Gasteiger charge is -2.28. The number of nitriles is 1. The lowest BCUT2D eigenvalue weighted by Crippen LogP contribution is -2.46. The van der Waals surface area contributed by atoms with E-state index in [0.717, 1.165) is 25.7 Å².